The van der Waals surface area contributed by atoms with Crippen LogP contribution in [0, 0.1) is 11.3 Å². The van der Waals surface area contributed by atoms with Crippen LogP contribution in [0.3, 0.4) is 0 Å². The second-order valence-corrected chi connectivity index (χ2v) is 6.56. The Labute approximate surface area is 122 Å². The monoisotopic (exact) mass is 319 g/mol. The molecule has 0 aliphatic carbocycles. The molecule has 3 rings (SSSR count). The fraction of sp³-hybridized carbons (Fsp3) is 0.533. The van der Waals surface area contributed by atoms with Crippen LogP contribution in [0.4, 0.5) is 5.69 Å². The van der Waals surface area contributed by atoms with Crippen LogP contribution < -0.4 is 10.2 Å². The number of fused-ring (bicyclic) bond motifs is 2. The van der Waals surface area contributed by atoms with E-state index in [1.165, 1.54) is 25.7 Å². The Hall–Kier alpha value is -1.05. The number of hydrogen-bond donors (Lipinski definition) is 1. The fourth-order valence-electron chi connectivity index (χ4n) is 3.45. The summed E-state index contributed by atoms with van der Waals surface area (Å²) in [4.78, 5) is 2.30. The molecule has 2 fully saturated rings. The molecule has 2 heterocycles. The number of anilines is 1. The van der Waals surface area contributed by atoms with Gasteiger partial charge in [0.25, 0.3) is 0 Å². The third kappa shape index (κ3) is 2.50. The quantitative estimate of drug-likeness (QED) is 0.910. The van der Waals surface area contributed by atoms with Gasteiger partial charge in [-0.1, -0.05) is 15.9 Å². The van der Waals surface area contributed by atoms with Crippen LogP contribution in [-0.2, 0) is 0 Å². The summed E-state index contributed by atoms with van der Waals surface area (Å²) in [6.45, 7) is 0. The van der Waals surface area contributed by atoms with E-state index in [-0.39, 0.29) is 0 Å². The number of nitriles is 1. The highest BCUT2D eigenvalue weighted by atomic mass is 79.9. The lowest BCUT2D eigenvalue weighted by Crippen LogP contribution is -2.47. The van der Waals surface area contributed by atoms with Crippen molar-refractivity contribution in [1.29, 1.82) is 5.26 Å². The molecule has 0 radical (unpaired) electrons. The molecule has 3 nitrogen and oxygen atoms in total. The number of nitrogens with zero attached hydrogens (tertiary/aromatic N) is 2. The molecule has 2 unspecified atom stereocenters. The molecule has 100 valence electrons. The number of piperidine rings is 1. The molecule has 0 spiro atoms. The minimum absolute atomic E-state index is 0.548. The maximum absolute atomic E-state index is 9.30. The van der Waals surface area contributed by atoms with Crippen molar-refractivity contribution in [1.82, 2.24) is 5.32 Å². The first-order valence-electron chi connectivity index (χ1n) is 6.86. The minimum Gasteiger partial charge on any atom is -0.370 e. The summed E-state index contributed by atoms with van der Waals surface area (Å²) in [5, 5.41) is 13.0. The van der Waals surface area contributed by atoms with Gasteiger partial charge in [0.1, 0.15) is 6.07 Å². The largest absolute Gasteiger partial charge is 0.370 e. The van der Waals surface area contributed by atoms with E-state index in [1.54, 1.807) is 0 Å². The van der Waals surface area contributed by atoms with Crippen LogP contribution in [0.1, 0.15) is 31.2 Å². The lowest BCUT2D eigenvalue weighted by atomic mass is 9.97. The SMILES string of the molecule is CN(c1ccc(Br)cc1C#N)C1CC2CCC(C1)N2. The summed E-state index contributed by atoms with van der Waals surface area (Å²) in [5.74, 6) is 0. The molecule has 2 saturated heterocycles. The number of hydrogen-bond acceptors (Lipinski definition) is 3. The van der Waals surface area contributed by atoms with E-state index < -0.39 is 0 Å². The number of rotatable bonds is 2. The second kappa shape index (κ2) is 5.15. The van der Waals surface area contributed by atoms with Gasteiger partial charge >= 0.3 is 0 Å². The Balaban J connectivity index is 1.84. The maximum atomic E-state index is 9.30. The van der Waals surface area contributed by atoms with Gasteiger partial charge in [0.15, 0.2) is 0 Å². The van der Waals surface area contributed by atoms with Gasteiger partial charge in [-0.25, -0.2) is 0 Å². The van der Waals surface area contributed by atoms with Crippen molar-refractivity contribution in [2.45, 2.75) is 43.8 Å². The first-order valence-corrected chi connectivity index (χ1v) is 7.65. The predicted octanol–water partition coefficient (Wildman–Crippen LogP) is 3.04. The lowest BCUT2D eigenvalue weighted by Gasteiger charge is -2.37. The highest BCUT2D eigenvalue weighted by Crippen LogP contribution is 2.33. The molecule has 2 bridgehead atoms. The molecule has 1 N–H and O–H groups in total. The van der Waals surface area contributed by atoms with Gasteiger partial charge in [0.05, 0.1) is 11.3 Å². The summed E-state index contributed by atoms with van der Waals surface area (Å²) in [6.07, 6.45) is 4.99. The Morgan fingerprint density at radius 2 is 2.00 bits per heavy atom. The third-order valence-electron chi connectivity index (χ3n) is 4.45. The molecule has 4 heteroatoms. The first-order chi connectivity index (χ1) is 9.17. The number of nitrogens with one attached hydrogen (secondary N) is 1. The van der Waals surface area contributed by atoms with E-state index in [9.17, 15) is 5.26 Å². The van der Waals surface area contributed by atoms with Gasteiger partial charge in [0, 0.05) is 29.6 Å². The molecule has 1 aromatic rings. The minimum atomic E-state index is 0.548. The average molecular weight is 320 g/mol. The average Bonchev–Trinajstić information content (AvgIpc) is 2.76. The van der Waals surface area contributed by atoms with E-state index in [1.807, 2.05) is 18.2 Å². The number of benzene rings is 1. The van der Waals surface area contributed by atoms with Crippen LogP contribution in [0.25, 0.3) is 0 Å². The normalized spacial score (nSPS) is 29.0. The highest BCUT2D eigenvalue weighted by molar-refractivity contribution is 9.10. The maximum Gasteiger partial charge on any atom is 0.101 e. The van der Waals surface area contributed by atoms with Gasteiger partial charge < -0.3 is 10.2 Å². The van der Waals surface area contributed by atoms with E-state index in [0.717, 1.165) is 15.7 Å². The zero-order valence-corrected chi connectivity index (χ0v) is 12.7. The summed E-state index contributed by atoms with van der Waals surface area (Å²) >= 11 is 3.43. The van der Waals surface area contributed by atoms with Crippen LogP contribution in [0.5, 0.6) is 0 Å². The third-order valence-corrected chi connectivity index (χ3v) is 4.95. The van der Waals surface area contributed by atoms with Crippen LogP contribution in [0.15, 0.2) is 22.7 Å². The highest BCUT2D eigenvalue weighted by Gasteiger charge is 2.35. The molecule has 1 aromatic carbocycles. The summed E-state index contributed by atoms with van der Waals surface area (Å²) in [5.41, 5.74) is 1.81. The van der Waals surface area contributed by atoms with E-state index in [2.05, 4.69) is 39.3 Å². The Kier molecular flexibility index (Phi) is 3.51. The molecule has 19 heavy (non-hydrogen) atoms. The predicted molar refractivity (Wildman–Crippen MR) is 80.2 cm³/mol. The van der Waals surface area contributed by atoms with Crippen molar-refractivity contribution < 1.29 is 0 Å². The Morgan fingerprint density at radius 3 is 2.63 bits per heavy atom. The van der Waals surface area contributed by atoms with Crippen molar-refractivity contribution in [2.24, 2.45) is 0 Å². The lowest BCUT2D eigenvalue weighted by molar-refractivity contribution is 0.354. The summed E-state index contributed by atoms with van der Waals surface area (Å²) in [7, 11) is 2.12. The molecule has 2 aliphatic heterocycles. The van der Waals surface area contributed by atoms with Crippen molar-refractivity contribution in [2.75, 3.05) is 11.9 Å². The Bertz CT molecular complexity index is 511. The molecular formula is C15H18BrN3. The molecule has 0 saturated carbocycles. The van der Waals surface area contributed by atoms with Crippen LogP contribution in [0.2, 0.25) is 0 Å². The van der Waals surface area contributed by atoms with Crippen molar-refractivity contribution >= 4 is 21.6 Å². The second-order valence-electron chi connectivity index (χ2n) is 5.65. The fourth-order valence-corrected chi connectivity index (χ4v) is 3.81. The molecule has 0 amide bonds. The van der Waals surface area contributed by atoms with E-state index >= 15 is 0 Å². The summed E-state index contributed by atoms with van der Waals surface area (Å²) < 4.78 is 0.964. The topological polar surface area (TPSA) is 39.1 Å². The smallest absolute Gasteiger partial charge is 0.101 e. The molecule has 2 atom stereocenters. The molecule has 2 aliphatic rings. The standard InChI is InChI=1S/C15H18BrN3/c1-19(14-7-12-3-4-13(8-14)18-12)15-5-2-11(16)6-10(15)9-17/h2,5-6,12-14,18H,3-4,7-8H2,1H3. The molecule has 0 aromatic heterocycles. The van der Waals surface area contributed by atoms with Crippen LogP contribution >= 0.6 is 15.9 Å². The first kappa shape index (κ1) is 13.0. The van der Waals surface area contributed by atoms with E-state index in [4.69, 9.17) is 0 Å². The zero-order valence-electron chi connectivity index (χ0n) is 11.1. The number of halogens is 1. The van der Waals surface area contributed by atoms with Crippen molar-refractivity contribution in [3.63, 3.8) is 0 Å². The van der Waals surface area contributed by atoms with Gasteiger partial charge in [-0.05, 0) is 43.9 Å². The summed E-state index contributed by atoms with van der Waals surface area (Å²) in [6, 6.07) is 10.2. The van der Waals surface area contributed by atoms with Crippen molar-refractivity contribution in [3.8, 4) is 6.07 Å². The van der Waals surface area contributed by atoms with Gasteiger partial charge in [-0.2, -0.15) is 5.26 Å². The van der Waals surface area contributed by atoms with Crippen LogP contribution in [-0.4, -0.2) is 25.2 Å². The van der Waals surface area contributed by atoms with Gasteiger partial charge in [0.2, 0.25) is 0 Å². The van der Waals surface area contributed by atoms with Crippen molar-refractivity contribution in [3.05, 3.63) is 28.2 Å². The molecular weight excluding hydrogens is 302 g/mol. The van der Waals surface area contributed by atoms with Gasteiger partial charge in [-0.3, -0.25) is 0 Å². The Morgan fingerprint density at radius 1 is 1.32 bits per heavy atom. The van der Waals surface area contributed by atoms with E-state index in [0.29, 0.717) is 18.1 Å². The van der Waals surface area contributed by atoms with Gasteiger partial charge in [-0.15, -0.1) is 0 Å². The zero-order chi connectivity index (χ0) is 13.4.